The molecule has 0 spiro atoms. The number of esters is 1. The minimum Gasteiger partial charge on any atom is -0.607 e. The molecule has 31 heavy (non-hydrogen) atoms. The summed E-state index contributed by atoms with van der Waals surface area (Å²) >= 11 is 4.97. The molecule has 0 aliphatic carbocycles. The zero-order valence-electron chi connectivity index (χ0n) is 18.2. The molecule has 0 radical (unpaired) electrons. The minimum absolute atomic E-state index is 0.0455. The van der Waals surface area contributed by atoms with Crippen LogP contribution in [0.5, 0.6) is 5.75 Å². The Balaban J connectivity index is 2.10. The normalized spacial score (nSPS) is 17.5. The van der Waals surface area contributed by atoms with E-state index >= 15 is 0 Å². The number of ether oxygens (including phenoxy) is 2. The van der Waals surface area contributed by atoms with Crippen LogP contribution < -0.4 is 10.1 Å². The highest BCUT2D eigenvalue weighted by molar-refractivity contribution is 7.95. The van der Waals surface area contributed by atoms with Gasteiger partial charge in [0.15, 0.2) is 9.80 Å². The second-order valence-electron chi connectivity index (χ2n) is 7.51. The van der Waals surface area contributed by atoms with Crippen LogP contribution in [-0.4, -0.2) is 23.7 Å². The summed E-state index contributed by atoms with van der Waals surface area (Å²) in [7, 11) is 1.33. The van der Waals surface area contributed by atoms with Gasteiger partial charge in [0, 0.05) is 21.9 Å². The third kappa shape index (κ3) is 4.92. The summed E-state index contributed by atoms with van der Waals surface area (Å²) in [6.45, 7) is 7.55. The number of allylic oxidation sites excluding steroid dienone is 3. The highest BCUT2D eigenvalue weighted by Crippen LogP contribution is 2.45. The third-order valence-corrected chi connectivity index (χ3v) is 6.92. The van der Waals surface area contributed by atoms with Crippen LogP contribution >= 0.6 is 11.6 Å². The molecule has 1 aliphatic rings. The van der Waals surface area contributed by atoms with E-state index < -0.39 is 23.1 Å². The van der Waals surface area contributed by atoms with Crippen LogP contribution in [-0.2, 0) is 20.7 Å². The van der Waals surface area contributed by atoms with Crippen molar-refractivity contribution in [3.8, 4) is 5.75 Å². The van der Waals surface area contributed by atoms with Crippen LogP contribution in [0.1, 0.15) is 39.2 Å². The number of dihydropyridines is 1. The molecular weight excluding hydrogens is 434 g/mol. The highest BCUT2D eigenvalue weighted by atomic mass is 35.5. The Bertz CT molecular complexity index is 1030. The molecule has 0 saturated heterocycles. The van der Waals surface area contributed by atoms with Gasteiger partial charge in [-0.05, 0) is 63.6 Å². The first-order valence-electron chi connectivity index (χ1n) is 9.94. The molecule has 3 rings (SSSR count). The van der Waals surface area contributed by atoms with E-state index in [0.717, 1.165) is 5.70 Å². The van der Waals surface area contributed by atoms with E-state index in [9.17, 15) is 9.35 Å². The van der Waals surface area contributed by atoms with Crippen molar-refractivity contribution in [2.24, 2.45) is 0 Å². The molecule has 1 aliphatic heterocycles. The summed E-state index contributed by atoms with van der Waals surface area (Å²) in [6.07, 6.45) is 0.0455. The number of benzene rings is 2. The van der Waals surface area contributed by atoms with Crippen molar-refractivity contribution >= 4 is 28.7 Å². The zero-order valence-corrected chi connectivity index (χ0v) is 19.8. The first kappa shape index (κ1) is 23.3. The largest absolute Gasteiger partial charge is 0.607 e. The summed E-state index contributed by atoms with van der Waals surface area (Å²) in [5.74, 6) is -0.385. The van der Waals surface area contributed by atoms with Crippen LogP contribution in [0.2, 0.25) is 5.02 Å². The molecule has 0 aromatic heterocycles. The Hall–Kier alpha value is -2.41. The molecule has 1 heterocycles. The first-order chi connectivity index (χ1) is 14.7. The average molecular weight is 460 g/mol. The van der Waals surface area contributed by atoms with Gasteiger partial charge in [-0.25, -0.2) is 4.79 Å². The Morgan fingerprint density at radius 3 is 2.32 bits per heavy atom. The quantitative estimate of drug-likeness (QED) is 0.468. The molecule has 7 heteroatoms. The van der Waals surface area contributed by atoms with E-state index in [4.69, 9.17) is 21.1 Å². The lowest BCUT2D eigenvalue weighted by Crippen LogP contribution is -2.31. The maximum Gasteiger partial charge on any atom is 0.336 e. The lowest BCUT2D eigenvalue weighted by atomic mass is 9.86. The SMILES string of the molecule is COC(=O)C1=C(C)NC(C)=C([S+]([O-])c2ccc(OC(C)C)cc2)C1c1ccccc1Cl. The van der Waals surface area contributed by atoms with Gasteiger partial charge >= 0.3 is 5.97 Å². The predicted molar refractivity (Wildman–Crippen MR) is 123 cm³/mol. The minimum atomic E-state index is -1.55. The fourth-order valence-corrected chi connectivity index (χ4v) is 5.32. The van der Waals surface area contributed by atoms with E-state index in [1.54, 1.807) is 37.3 Å². The monoisotopic (exact) mass is 459 g/mol. The van der Waals surface area contributed by atoms with Crippen molar-refractivity contribution in [3.63, 3.8) is 0 Å². The smallest absolute Gasteiger partial charge is 0.336 e. The molecule has 0 bridgehead atoms. The molecule has 2 aromatic carbocycles. The van der Waals surface area contributed by atoms with E-state index in [-0.39, 0.29) is 6.10 Å². The van der Waals surface area contributed by atoms with Crippen molar-refractivity contribution in [3.05, 3.63) is 81.0 Å². The number of halogens is 1. The maximum absolute atomic E-state index is 13.8. The van der Waals surface area contributed by atoms with E-state index in [1.165, 1.54) is 7.11 Å². The zero-order chi connectivity index (χ0) is 22.7. The van der Waals surface area contributed by atoms with Crippen molar-refractivity contribution < 1.29 is 18.8 Å². The number of hydrogen-bond acceptors (Lipinski definition) is 5. The van der Waals surface area contributed by atoms with Gasteiger partial charge in [-0.2, -0.15) is 0 Å². The van der Waals surface area contributed by atoms with Crippen LogP contribution in [0.25, 0.3) is 0 Å². The number of hydrogen-bond donors (Lipinski definition) is 1. The maximum atomic E-state index is 13.8. The van der Waals surface area contributed by atoms with Crippen molar-refractivity contribution in [1.29, 1.82) is 0 Å². The standard InChI is InChI=1S/C24H26ClNO4S/c1-14(2)30-17-10-12-18(13-11-17)31(28)23-16(4)26-15(3)21(24(27)29-5)22(23)19-8-6-7-9-20(19)25/h6-14,22,26H,1-5H3. The number of nitrogens with one attached hydrogen (secondary N) is 1. The van der Waals surface area contributed by atoms with Gasteiger partial charge in [0.2, 0.25) is 0 Å². The number of carbonyl (C=O) groups is 1. The summed E-state index contributed by atoms with van der Waals surface area (Å²) in [4.78, 5) is 13.9. The van der Waals surface area contributed by atoms with Gasteiger partial charge in [-0.15, -0.1) is 0 Å². The number of carbonyl (C=O) groups excluding carboxylic acids is 1. The predicted octanol–water partition coefficient (Wildman–Crippen LogP) is 5.30. The van der Waals surface area contributed by atoms with Crippen LogP contribution in [0.3, 0.4) is 0 Å². The second kappa shape index (κ2) is 9.81. The second-order valence-corrected chi connectivity index (χ2v) is 9.36. The van der Waals surface area contributed by atoms with Gasteiger partial charge in [-0.3, -0.25) is 0 Å². The van der Waals surface area contributed by atoms with Crippen molar-refractivity contribution in [1.82, 2.24) is 5.32 Å². The molecule has 5 nitrogen and oxygen atoms in total. The number of methoxy groups -OCH3 is 1. The lowest BCUT2D eigenvalue weighted by Gasteiger charge is -2.31. The summed E-state index contributed by atoms with van der Waals surface area (Å²) in [6, 6.07) is 14.4. The molecule has 0 saturated carbocycles. The van der Waals surface area contributed by atoms with Gasteiger partial charge in [0.1, 0.15) is 5.75 Å². The molecular formula is C24H26ClNO4S. The van der Waals surface area contributed by atoms with Gasteiger partial charge < -0.3 is 19.3 Å². The Kier molecular flexibility index (Phi) is 7.36. The summed E-state index contributed by atoms with van der Waals surface area (Å²) < 4.78 is 24.5. The van der Waals surface area contributed by atoms with Crippen molar-refractivity contribution in [2.75, 3.05) is 7.11 Å². The molecule has 2 aromatic rings. The molecule has 2 atom stereocenters. The Morgan fingerprint density at radius 1 is 1.10 bits per heavy atom. The topological polar surface area (TPSA) is 70.6 Å². The van der Waals surface area contributed by atoms with E-state index in [2.05, 4.69) is 5.32 Å². The molecule has 0 amide bonds. The van der Waals surface area contributed by atoms with E-state index in [1.807, 2.05) is 39.0 Å². The fraction of sp³-hybridized carbons (Fsp3) is 0.292. The summed E-state index contributed by atoms with van der Waals surface area (Å²) in [5.41, 5.74) is 2.46. The van der Waals surface area contributed by atoms with Crippen LogP contribution in [0.15, 0.2) is 75.3 Å². The van der Waals surface area contributed by atoms with Crippen LogP contribution in [0, 0.1) is 0 Å². The van der Waals surface area contributed by atoms with Crippen LogP contribution in [0.4, 0.5) is 0 Å². The molecule has 0 fully saturated rings. The fourth-order valence-electron chi connectivity index (χ4n) is 3.65. The molecule has 164 valence electrons. The Labute approximate surface area is 191 Å². The van der Waals surface area contributed by atoms with Crippen molar-refractivity contribution in [2.45, 2.75) is 44.6 Å². The number of rotatable bonds is 6. The average Bonchev–Trinajstić information content (AvgIpc) is 2.73. The lowest BCUT2D eigenvalue weighted by molar-refractivity contribution is -0.136. The molecule has 1 N–H and O–H groups in total. The molecule has 2 unspecified atom stereocenters. The summed E-state index contributed by atoms with van der Waals surface area (Å²) in [5, 5.41) is 3.69. The van der Waals surface area contributed by atoms with Gasteiger partial charge in [0.05, 0.1) is 30.4 Å². The first-order valence-corrected chi connectivity index (χ1v) is 11.5. The van der Waals surface area contributed by atoms with Gasteiger partial charge in [-0.1, -0.05) is 29.8 Å². The van der Waals surface area contributed by atoms with E-state index in [0.29, 0.717) is 37.4 Å². The third-order valence-electron chi connectivity index (χ3n) is 4.93. The van der Waals surface area contributed by atoms with Gasteiger partial charge in [0.25, 0.3) is 0 Å². The highest BCUT2D eigenvalue weighted by Gasteiger charge is 2.41. The Morgan fingerprint density at radius 2 is 1.74 bits per heavy atom.